The van der Waals surface area contributed by atoms with Crippen LogP contribution < -0.4 is 0 Å². The van der Waals surface area contributed by atoms with Crippen molar-refractivity contribution in [2.24, 2.45) is 0 Å². The summed E-state index contributed by atoms with van der Waals surface area (Å²) in [6.45, 7) is 1.53. The first-order chi connectivity index (χ1) is 7.28. The van der Waals surface area contributed by atoms with Crippen LogP contribution in [0.1, 0.15) is 5.56 Å². The fourth-order valence-electron chi connectivity index (χ4n) is 1.30. The van der Waals surface area contributed by atoms with Gasteiger partial charge >= 0.3 is 0 Å². The van der Waals surface area contributed by atoms with E-state index >= 15 is 0 Å². The standard InChI is InChI=1S/C9H12N2O4S/c1-7-5-4-6-8(11(12)13)9(7)16(14,15)10(2)3/h4-6H,1-3H3. The van der Waals surface area contributed by atoms with Gasteiger partial charge in [0.15, 0.2) is 4.90 Å². The maximum atomic E-state index is 11.9. The Morgan fingerprint density at radius 1 is 1.31 bits per heavy atom. The summed E-state index contributed by atoms with van der Waals surface area (Å²) in [5, 5.41) is 10.8. The summed E-state index contributed by atoms with van der Waals surface area (Å²) < 4.78 is 24.8. The van der Waals surface area contributed by atoms with E-state index in [1.54, 1.807) is 0 Å². The second-order valence-corrected chi connectivity index (χ2v) is 5.56. The van der Waals surface area contributed by atoms with Crippen LogP contribution >= 0.6 is 0 Å². The number of nitro groups is 1. The zero-order chi connectivity index (χ0) is 12.5. The van der Waals surface area contributed by atoms with Gasteiger partial charge in [-0.15, -0.1) is 0 Å². The first-order valence-corrected chi connectivity index (χ1v) is 5.89. The van der Waals surface area contributed by atoms with Crippen LogP contribution in [-0.4, -0.2) is 31.7 Å². The van der Waals surface area contributed by atoms with Gasteiger partial charge in [0.05, 0.1) is 4.92 Å². The number of hydrogen-bond donors (Lipinski definition) is 0. The van der Waals surface area contributed by atoms with Crippen LogP contribution in [0.3, 0.4) is 0 Å². The van der Waals surface area contributed by atoms with Gasteiger partial charge in [0, 0.05) is 20.2 Å². The molecule has 88 valence electrons. The van der Waals surface area contributed by atoms with E-state index in [1.165, 1.54) is 39.2 Å². The molecule has 1 aromatic carbocycles. The number of nitrogens with zero attached hydrogens (tertiary/aromatic N) is 2. The van der Waals surface area contributed by atoms with Crippen LogP contribution in [0.15, 0.2) is 23.1 Å². The van der Waals surface area contributed by atoms with Gasteiger partial charge in [0.25, 0.3) is 5.69 Å². The maximum absolute atomic E-state index is 11.9. The van der Waals surface area contributed by atoms with Crippen LogP contribution in [-0.2, 0) is 10.0 Å². The number of aryl methyl sites for hydroxylation is 1. The normalized spacial score (nSPS) is 11.8. The minimum absolute atomic E-state index is 0.245. The fraction of sp³-hybridized carbons (Fsp3) is 0.333. The molecule has 0 amide bonds. The molecule has 16 heavy (non-hydrogen) atoms. The molecule has 0 radical (unpaired) electrons. The molecular weight excluding hydrogens is 232 g/mol. The van der Waals surface area contributed by atoms with Crippen molar-refractivity contribution < 1.29 is 13.3 Å². The van der Waals surface area contributed by atoms with E-state index in [1.807, 2.05) is 0 Å². The molecule has 0 unspecified atom stereocenters. The molecule has 0 spiro atoms. The smallest absolute Gasteiger partial charge is 0.258 e. The summed E-state index contributed by atoms with van der Waals surface area (Å²) in [7, 11) is -1.11. The Labute approximate surface area is 93.7 Å². The van der Waals surface area contributed by atoms with E-state index in [0.717, 1.165) is 4.31 Å². The number of rotatable bonds is 3. The van der Waals surface area contributed by atoms with Crippen molar-refractivity contribution >= 4 is 15.7 Å². The van der Waals surface area contributed by atoms with Gasteiger partial charge in [-0.2, -0.15) is 0 Å². The first-order valence-electron chi connectivity index (χ1n) is 4.45. The highest BCUT2D eigenvalue weighted by molar-refractivity contribution is 7.89. The number of nitro benzene ring substituents is 1. The molecule has 0 aliphatic carbocycles. The van der Waals surface area contributed by atoms with E-state index in [2.05, 4.69) is 0 Å². The van der Waals surface area contributed by atoms with Gasteiger partial charge in [-0.25, -0.2) is 12.7 Å². The van der Waals surface area contributed by atoms with Crippen LogP contribution in [0.2, 0.25) is 0 Å². The molecule has 1 rings (SSSR count). The predicted octanol–water partition coefficient (Wildman–Crippen LogP) is 1.15. The minimum atomic E-state index is -3.79. The molecule has 0 fully saturated rings. The molecule has 0 N–H and O–H groups in total. The number of sulfonamides is 1. The van der Waals surface area contributed by atoms with Crippen molar-refractivity contribution in [3.63, 3.8) is 0 Å². The lowest BCUT2D eigenvalue weighted by Gasteiger charge is -2.13. The molecule has 0 bridgehead atoms. The van der Waals surface area contributed by atoms with Crippen LogP contribution in [0.4, 0.5) is 5.69 Å². The summed E-state index contributed by atoms with van der Waals surface area (Å²) in [4.78, 5) is 9.83. The fourth-order valence-corrected chi connectivity index (χ4v) is 2.55. The maximum Gasteiger partial charge on any atom is 0.289 e. The molecule has 0 saturated heterocycles. The molecule has 0 aliphatic rings. The predicted molar refractivity (Wildman–Crippen MR) is 58.7 cm³/mol. The van der Waals surface area contributed by atoms with Gasteiger partial charge in [0.2, 0.25) is 10.0 Å². The van der Waals surface area contributed by atoms with Crippen molar-refractivity contribution in [3.05, 3.63) is 33.9 Å². The minimum Gasteiger partial charge on any atom is -0.258 e. The zero-order valence-corrected chi connectivity index (χ0v) is 9.98. The second-order valence-electron chi connectivity index (χ2n) is 3.47. The second kappa shape index (κ2) is 4.18. The van der Waals surface area contributed by atoms with Crippen molar-refractivity contribution in [2.75, 3.05) is 14.1 Å². The van der Waals surface area contributed by atoms with E-state index in [4.69, 9.17) is 0 Å². The highest BCUT2D eigenvalue weighted by Gasteiger charge is 2.29. The Bertz CT molecular complexity index is 522. The van der Waals surface area contributed by atoms with Crippen molar-refractivity contribution in [3.8, 4) is 0 Å². The summed E-state index contributed by atoms with van der Waals surface area (Å²) in [6.07, 6.45) is 0. The van der Waals surface area contributed by atoms with Gasteiger partial charge in [-0.05, 0) is 12.5 Å². The Balaban J connectivity index is 3.62. The highest BCUT2D eigenvalue weighted by atomic mass is 32.2. The molecule has 0 aromatic heterocycles. The third-order valence-corrected chi connectivity index (χ3v) is 4.13. The largest absolute Gasteiger partial charge is 0.289 e. The van der Waals surface area contributed by atoms with Crippen molar-refractivity contribution in [2.45, 2.75) is 11.8 Å². The number of hydrogen-bond acceptors (Lipinski definition) is 4. The Morgan fingerprint density at radius 2 is 1.88 bits per heavy atom. The summed E-state index contributed by atoms with van der Waals surface area (Å²) in [5.41, 5.74) is -0.0309. The lowest BCUT2D eigenvalue weighted by molar-refractivity contribution is -0.387. The Hall–Kier alpha value is -1.47. The average molecular weight is 244 g/mol. The molecule has 0 heterocycles. The zero-order valence-electron chi connectivity index (χ0n) is 9.17. The lowest BCUT2D eigenvalue weighted by atomic mass is 10.2. The summed E-state index contributed by atoms with van der Waals surface area (Å²) >= 11 is 0. The van der Waals surface area contributed by atoms with Gasteiger partial charge in [-0.1, -0.05) is 12.1 Å². The molecule has 1 aromatic rings. The number of benzene rings is 1. The van der Waals surface area contributed by atoms with E-state index in [-0.39, 0.29) is 4.90 Å². The lowest BCUT2D eigenvalue weighted by Crippen LogP contribution is -2.24. The average Bonchev–Trinajstić information content (AvgIpc) is 2.16. The van der Waals surface area contributed by atoms with Gasteiger partial charge < -0.3 is 0 Å². The van der Waals surface area contributed by atoms with Crippen LogP contribution in [0.25, 0.3) is 0 Å². The molecule has 6 nitrogen and oxygen atoms in total. The monoisotopic (exact) mass is 244 g/mol. The molecule has 0 atom stereocenters. The van der Waals surface area contributed by atoms with E-state index in [9.17, 15) is 18.5 Å². The van der Waals surface area contributed by atoms with E-state index in [0.29, 0.717) is 5.56 Å². The third-order valence-electron chi connectivity index (χ3n) is 2.13. The third kappa shape index (κ3) is 2.05. The molecule has 7 heteroatoms. The summed E-state index contributed by atoms with van der Waals surface area (Å²) in [5.74, 6) is 0. The SMILES string of the molecule is Cc1cccc([N+](=O)[O-])c1S(=O)(=O)N(C)C. The van der Waals surface area contributed by atoms with Gasteiger partial charge in [0.1, 0.15) is 0 Å². The molecule has 0 aliphatic heterocycles. The van der Waals surface area contributed by atoms with Crippen molar-refractivity contribution in [1.29, 1.82) is 0 Å². The Kier molecular flexibility index (Phi) is 3.30. The summed E-state index contributed by atoms with van der Waals surface area (Å²) in [6, 6.07) is 4.18. The van der Waals surface area contributed by atoms with Gasteiger partial charge in [-0.3, -0.25) is 10.1 Å². The van der Waals surface area contributed by atoms with E-state index < -0.39 is 20.6 Å². The topological polar surface area (TPSA) is 80.5 Å². The molecular formula is C9H12N2O4S. The first kappa shape index (κ1) is 12.6. The van der Waals surface area contributed by atoms with Crippen LogP contribution in [0, 0.1) is 17.0 Å². The van der Waals surface area contributed by atoms with Crippen molar-refractivity contribution in [1.82, 2.24) is 4.31 Å². The highest BCUT2D eigenvalue weighted by Crippen LogP contribution is 2.28. The molecule has 0 saturated carbocycles. The van der Waals surface area contributed by atoms with Crippen LogP contribution in [0.5, 0.6) is 0 Å². The Morgan fingerprint density at radius 3 is 2.31 bits per heavy atom. The quantitative estimate of drug-likeness (QED) is 0.590.